The predicted octanol–water partition coefficient (Wildman–Crippen LogP) is 1.65. The number of para-hydroxylation sites is 1. The summed E-state index contributed by atoms with van der Waals surface area (Å²) < 4.78 is 5.24. The molecule has 3 heteroatoms. The lowest BCUT2D eigenvalue weighted by atomic mass is 10.1. The van der Waals surface area contributed by atoms with E-state index < -0.39 is 0 Å². The lowest BCUT2D eigenvalue weighted by molar-refractivity contribution is 0.0982. The Morgan fingerprint density at radius 1 is 1.43 bits per heavy atom. The molecule has 0 unspecified atom stereocenters. The second kappa shape index (κ2) is 5.40. The van der Waals surface area contributed by atoms with E-state index in [1.807, 2.05) is 6.92 Å². The van der Waals surface area contributed by atoms with Crippen LogP contribution in [0.2, 0.25) is 0 Å². The molecule has 3 nitrogen and oxygen atoms in total. The zero-order valence-electron chi connectivity index (χ0n) is 8.19. The maximum Gasteiger partial charge on any atom is 0.166 e. The number of aliphatic hydroxyl groups excluding tert-OH is 1. The third-order valence-electron chi connectivity index (χ3n) is 1.86. The monoisotopic (exact) mass is 194 g/mol. The third kappa shape index (κ3) is 2.57. The number of hydrogen-bond donors (Lipinski definition) is 1. The van der Waals surface area contributed by atoms with E-state index in [0.717, 1.165) is 0 Å². The van der Waals surface area contributed by atoms with Crippen LogP contribution in [0.15, 0.2) is 24.3 Å². The van der Waals surface area contributed by atoms with Gasteiger partial charge < -0.3 is 9.84 Å². The number of aliphatic hydroxyl groups is 1. The number of carbonyl (C=O) groups excluding carboxylic acids is 1. The van der Waals surface area contributed by atoms with Crippen LogP contribution in [-0.2, 0) is 0 Å². The van der Waals surface area contributed by atoms with Gasteiger partial charge in [-0.25, -0.2) is 0 Å². The minimum absolute atomic E-state index is 0.0470. The Morgan fingerprint density at radius 3 is 2.79 bits per heavy atom. The summed E-state index contributed by atoms with van der Waals surface area (Å²) in [5.74, 6) is 0.604. The summed E-state index contributed by atoms with van der Waals surface area (Å²) in [6.07, 6.45) is 0.458. The summed E-state index contributed by atoms with van der Waals surface area (Å²) in [6, 6.07) is 7.07. The molecule has 0 spiro atoms. The van der Waals surface area contributed by atoms with Crippen molar-refractivity contribution in [3.63, 3.8) is 0 Å². The predicted molar refractivity (Wildman–Crippen MR) is 53.6 cm³/mol. The second-order valence-electron chi connectivity index (χ2n) is 2.84. The molecule has 76 valence electrons. The average Bonchev–Trinajstić information content (AvgIpc) is 2.25. The molecule has 1 aromatic rings. The smallest absolute Gasteiger partial charge is 0.166 e. The van der Waals surface area contributed by atoms with Crippen LogP contribution in [-0.4, -0.2) is 24.1 Å². The first-order valence-corrected chi connectivity index (χ1v) is 4.65. The number of rotatable bonds is 5. The van der Waals surface area contributed by atoms with Crippen molar-refractivity contribution in [1.82, 2.24) is 0 Å². The van der Waals surface area contributed by atoms with Gasteiger partial charge in [-0.15, -0.1) is 0 Å². The summed E-state index contributed by atoms with van der Waals surface area (Å²) in [6.45, 7) is 1.98. The van der Waals surface area contributed by atoms with Gasteiger partial charge in [0.2, 0.25) is 0 Å². The minimum atomic E-state index is -0.0470. The SMILES string of the molecule is CCC(=O)c1ccccc1OCCO. The van der Waals surface area contributed by atoms with Crippen LogP contribution in [0, 0.1) is 0 Å². The van der Waals surface area contributed by atoms with Crippen LogP contribution >= 0.6 is 0 Å². The van der Waals surface area contributed by atoms with E-state index in [9.17, 15) is 4.79 Å². The van der Waals surface area contributed by atoms with Crippen molar-refractivity contribution in [2.45, 2.75) is 13.3 Å². The highest BCUT2D eigenvalue weighted by molar-refractivity contribution is 5.98. The lowest BCUT2D eigenvalue weighted by Crippen LogP contribution is -2.06. The van der Waals surface area contributed by atoms with Gasteiger partial charge in [0.15, 0.2) is 5.78 Å². The van der Waals surface area contributed by atoms with Gasteiger partial charge in [-0.3, -0.25) is 4.79 Å². The van der Waals surface area contributed by atoms with Crippen molar-refractivity contribution >= 4 is 5.78 Å². The molecule has 0 amide bonds. The minimum Gasteiger partial charge on any atom is -0.490 e. The number of benzene rings is 1. The fourth-order valence-electron chi connectivity index (χ4n) is 1.17. The molecule has 0 bridgehead atoms. The van der Waals surface area contributed by atoms with E-state index in [2.05, 4.69) is 0 Å². The lowest BCUT2D eigenvalue weighted by Gasteiger charge is -2.08. The molecule has 0 saturated heterocycles. The summed E-state index contributed by atoms with van der Waals surface area (Å²) in [7, 11) is 0. The summed E-state index contributed by atoms with van der Waals surface area (Å²) >= 11 is 0. The second-order valence-corrected chi connectivity index (χ2v) is 2.84. The molecular weight excluding hydrogens is 180 g/mol. The summed E-state index contributed by atoms with van der Waals surface area (Å²) in [5, 5.41) is 8.60. The van der Waals surface area contributed by atoms with E-state index in [1.54, 1.807) is 24.3 Å². The Balaban J connectivity index is 2.85. The first-order chi connectivity index (χ1) is 6.79. The van der Waals surface area contributed by atoms with Gasteiger partial charge in [0.25, 0.3) is 0 Å². The normalized spacial score (nSPS) is 9.86. The molecule has 0 aliphatic heterocycles. The van der Waals surface area contributed by atoms with Crippen molar-refractivity contribution < 1.29 is 14.6 Å². The Labute approximate surface area is 83.3 Å². The topological polar surface area (TPSA) is 46.5 Å². The molecule has 0 atom stereocenters. The van der Waals surface area contributed by atoms with Crippen LogP contribution in [0.1, 0.15) is 23.7 Å². The third-order valence-corrected chi connectivity index (χ3v) is 1.86. The number of hydrogen-bond acceptors (Lipinski definition) is 3. The fraction of sp³-hybridized carbons (Fsp3) is 0.364. The van der Waals surface area contributed by atoms with Crippen molar-refractivity contribution in [3.8, 4) is 5.75 Å². The molecule has 0 aliphatic rings. The first kappa shape index (κ1) is 10.7. The zero-order valence-corrected chi connectivity index (χ0v) is 8.19. The average molecular weight is 194 g/mol. The van der Waals surface area contributed by atoms with Crippen LogP contribution in [0.25, 0.3) is 0 Å². The molecule has 14 heavy (non-hydrogen) atoms. The molecule has 1 rings (SSSR count). The maximum atomic E-state index is 11.5. The van der Waals surface area contributed by atoms with Gasteiger partial charge >= 0.3 is 0 Å². The van der Waals surface area contributed by atoms with Gasteiger partial charge in [-0.1, -0.05) is 19.1 Å². The molecule has 0 aliphatic carbocycles. The van der Waals surface area contributed by atoms with E-state index in [4.69, 9.17) is 9.84 Å². The Hall–Kier alpha value is -1.35. The first-order valence-electron chi connectivity index (χ1n) is 4.65. The van der Waals surface area contributed by atoms with Crippen LogP contribution < -0.4 is 4.74 Å². The molecule has 0 fully saturated rings. The van der Waals surface area contributed by atoms with Gasteiger partial charge in [-0.2, -0.15) is 0 Å². The summed E-state index contributed by atoms with van der Waals surface area (Å²) in [5.41, 5.74) is 0.587. The largest absolute Gasteiger partial charge is 0.490 e. The van der Waals surface area contributed by atoms with Gasteiger partial charge in [0.05, 0.1) is 12.2 Å². The molecular formula is C11H14O3. The van der Waals surface area contributed by atoms with E-state index in [1.165, 1.54) is 0 Å². The standard InChI is InChI=1S/C11H14O3/c1-2-10(13)9-5-3-4-6-11(9)14-8-7-12/h3-6,12H,2,7-8H2,1H3. The fourth-order valence-corrected chi connectivity index (χ4v) is 1.17. The zero-order chi connectivity index (χ0) is 10.4. The molecule has 0 aromatic heterocycles. The molecule has 1 N–H and O–H groups in total. The van der Waals surface area contributed by atoms with Gasteiger partial charge in [0.1, 0.15) is 12.4 Å². The number of Topliss-reactive ketones (excluding diaryl/α,β-unsaturated/α-hetero) is 1. The Bertz CT molecular complexity index is 307. The quantitative estimate of drug-likeness (QED) is 0.725. The van der Waals surface area contributed by atoms with Crippen molar-refractivity contribution in [2.75, 3.05) is 13.2 Å². The summed E-state index contributed by atoms with van der Waals surface area (Å²) in [4.78, 5) is 11.5. The van der Waals surface area contributed by atoms with Crippen molar-refractivity contribution in [3.05, 3.63) is 29.8 Å². The highest BCUT2D eigenvalue weighted by Gasteiger charge is 2.09. The number of ketones is 1. The Kier molecular flexibility index (Phi) is 4.13. The van der Waals surface area contributed by atoms with Gasteiger partial charge in [0, 0.05) is 6.42 Å². The van der Waals surface area contributed by atoms with Crippen molar-refractivity contribution in [2.24, 2.45) is 0 Å². The maximum absolute atomic E-state index is 11.5. The Morgan fingerprint density at radius 2 is 2.14 bits per heavy atom. The van der Waals surface area contributed by atoms with E-state index in [0.29, 0.717) is 17.7 Å². The van der Waals surface area contributed by atoms with Crippen molar-refractivity contribution in [1.29, 1.82) is 0 Å². The van der Waals surface area contributed by atoms with Gasteiger partial charge in [-0.05, 0) is 12.1 Å². The van der Waals surface area contributed by atoms with Crippen LogP contribution in [0.4, 0.5) is 0 Å². The molecule has 0 radical (unpaired) electrons. The number of ether oxygens (including phenoxy) is 1. The molecule has 1 aromatic carbocycles. The highest BCUT2D eigenvalue weighted by Crippen LogP contribution is 2.19. The van der Waals surface area contributed by atoms with Crippen LogP contribution in [0.3, 0.4) is 0 Å². The molecule has 0 heterocycles. The van der Waals surface area contributed by atoms with E-state index in [-0.39, 0.29) is 19.0 Å². The van der Waals surface area contributed by atoms with E-state index >= 15 is 0 Å². The van der Waals surface area contributed by atoms with Crippen LogP contribution in [0.5, 0.6) is 5.75 Å². The highest BCUT2D eigenvalue weighted by atomic mass is 16.5. The number of carbonyl (C=O) groups is 1. The molecule has 0 saturated carbocycles.